The van der Waals surface area contributed by atoms with Crippen molar-refractivity contribution in [2.45, 2.75) is 32.2 Å². The van der Waals surface area contributed by atoms with Gasteiger partial charge in [0, 0.05) is 18.7 Å². The van der Waals surface area contributed by atoms with E-state index in [1.165, 1.54) is 4.80 Å². The maximum atomic E-state index is 13.6. The first kappa shape index (κ1) is 18.5. The van der Waals surface area contributed by atoms with Gasteiger partial charge in [-0.15, -0.1) is 0 Å². The molecule has 2 aliphatic heterocycles. The van der Waals surface area contributed by atoms with Gasteiger partial charge in [-0.2, -0.15) is 15.0 Å². The largest absolute Gasteiger partial charge is 0.497 e. The average Bonchev–Trinajstić information content (AvgIpc) is 3.52. The van der Waals surface area contributed by atoms with Gasteiger partial charge in [-0.1, -0.05) is 11.6 Å². The topological polar surface area (TPSA) is 72.6 Å². The number of likely N-dealkylation sites (tertiary alicyclic amines) is 1. The fourth-order valence-corrected chi connectivity index (χ4v) is 4.37. The number of nitrogens with zero attached hydrogens (tertiary/aromatic N) is 5. The molecule has 5 rings (SSSR count). The number of aromatic nitrogens is 3. The van der Waals surface area contributed by atoms with Crippen molar-refractivity contribution in [3.63, 3.8) is 0 Å². The second kappa shape index (κ2) is 7.40. The van der Waals surface area contributed by atoms with E-state index in [9.17, 15) is 4.79 Å². The molecule has 0 saturated carbocycles. The molecule has 1 aromatic heterocycles. The third kappa shape index (κ3) is 3.16. The van der Waals surface area contributed by atoms with E-state index in [1.54, 1.807) is 19.5 Å². The minimum Gasteiger partial charge on any atom is -0.497 e. The van der Waals surface area contributed by atoms with Gasteiger partial charge in [0.2, 0.25) is 0 Å². The van der Waals surface area contributed by atoms with E-state index in [2.05, 4.69) is 10.2 Å². The molecule has 7 nitrogen and oxygen atoms in total. The van der Waals surface area contributed by atoms with Gasteiger partial charge in [0.05, 0.1) is 42.5 Å². The number of amides is 1. The van der Waals surface area contributed by atoms with Crippen LogP contribution < -0.4 is 4.74 Å². The lowest BCUT2D eigenvalue weighted by molar-refractivity contribution is 0.0769. The quantitative estimate of drug-likeness (QED) is 0.671. The highest BCUT2D eigenvalue weighted by Gasteiger charge is 2.36. The molecule has 152 valence electrons. The fourth-order valence-electron chi connectivity index (χ4n) is 4.37. The fraction of sp³-hybridized carbons (Fsp3) is 0.304. The number of carbonyl (C=O) groups excluding carboxylic acids is 1. The monoisotopic (exact) mass is 401 g/mol. The Balaban J connectivity index is 1.45. The summed E-state index contributed by atoms with van der Waals surface area (Å²) in [5.41, 5.74) is 5.53. The van der Waals surface area contributed by atoms with Crippen LogP contribution in [0.4, 0.5) is 5.69 Å². The van der Waals surface area contributed by atoms with E-state index in [4.69, 9.17) is 9.73 Å². The molecule has 2 aliphatic rings. The summed E-state index contributed by atoms with van der Waals surface area (Å²) in [6.45, 7) is 2.71. The summed E-state index contributed by atoms with van der Waals surface area (Å²) in [5.74, 6) is 0.838. The van der Waals surface area contributed by atoms with Gasteiger partial charge in [-0.25, -0.2) is 0 Å². The van der Waals surface area contributed by atoms with Crippen molar-refractivity contribution >= 4 is 17.3 Å². The molecule has 0 unspecified atom stereocenters. The van der Waals surface area contributed by atoms with E-state index in [0.717, 1.165) is 54.1 Å². The molecule has 0 aliphatic carbocycles. The third-order valence-corrected chi connectivity index (χ3v) is 5.84. The lowest BCUT2D eigenvalue weighted by Gasteiger charge is -2.26. The molecule has 1 atom stereocenters. The van der Waals surface area contributed by atoms with Crippen LogP contribution in [0.25, 0.3) is 5.69 Å². The minimum absolute atomic E-state index is 0.00439. The highest BCUT2D eigenvalue weighted by atomic mass is 16.5. The lowest BCUT2D eigenvalue weighted by Crippen LogP contribution is -2.41. The van der Waals surface area contributed by atoms with Gasteiger partial charge in [-0.3, -0.25) is 9.79 Å². The van der Waals surface area contributed by atoms with Crippen LogP contribution in [0.15, 0.2) is 53.8 Å². The Morgan fingerprint density at radius 1 is 1.13 bits per heavy atom. The third-order valence-electron chi connectivity index (χ3n) is 5.84. The van der Waals surface area contributed by atoms with Crippen molar-refractivity contribution in [2.75, 3.05) is 13.7 Å². The number of aliphatic imine (C=N–C) groups is 1. The molecule has 1 fully saturated rings. The van der Waals surface area contributed by atoms with Crippen LogP contribution in [0.5, 0.6) is 5.75 Å². The zero-order chi connectivity index (χ0) is 20.7. The molecule has 1 saturated heterocycles. The molecular weight excluding hydrogens is 378 g/mol. The summed E-state index contributed by atoms with van der Waals surface area (Å²) < 4.78 is 5.35. The van der Waals surface area contributed by atoms with Crippen LogP contribution in [0, 0.1) is 6.92 Å². The number of ether oxygens (including phenoxy) is 1. The van der Waals surface area contributed by atoms with Crippen molar-refractivity contribution in [3.05, 3.63) is 65.5 Å². The van der Waals surface area contributed by atoms with Gasteiger partial charge in [-0.05, 0) is 55.7 Å². The smallest absolute Gasteiger partial charge is 0.256 e. The number of methoxy groups -OCH3 is 1. The van der Waals surface area contributed by atoms with Crippen molar-refractivity contribution in [1.29, 1.82) is 0 Å². The van der Waals surface area contributed by atoms with Crippen LogP contribution in [0.1, 0.15) is 34.3 Å². The zero-order valence-corrected chi connectivity index (χ0v) is 17.1. The first-order valence-electron chi connectivity index (χ1n) is 10.2. The molecule has 0 spiro atoms. The van der Waals surface area contributed by atoms with E-state index in [0.29, 0.717) is 11.3 Å². The van der Waals surface area contributed by atoms with Crippen LogP contribution in [-0.2, 0) is 6.42 Å². The average molecular weight is 401 g/mol. The van der Waals surface area contributed by atoms with Crippen LogP contribution in [0.3, 0.4) is 0 Å². The van der Waals surface area contributed by atoms with Gasteiger partial charge < -0.3 is 9.64 Å². The first-order valence-corrected chi connectivity index (χ1v) is 10.2. The normalized spacial score (nSPS) is 17.7. The standard InChI is InChI=1S/C23H23N5O2/c1-15-5-8-21(28-24-9-10-25-28)18(12-15)23(29)27-11-3-4-22(27)20-14-16-13-17(30-2)6-7-19(16)26-20/h5-10,12-13,22H,3-4,11,14H2,1-2H3/t22-/m0/s1. The maximum absolute atomic E-state index is 13.6. The highest BCUT2D eigenvalue weighted by Crippen LogP contribution is 2.34. The Morgan fingerprint density at radius 2 is 1.97 bits per heavy atom. The zero-order valence-electron chi connectivity index (χ0n) is 17.1. The van der Waals surface area contributed by atoms with Crippen LogP contribution in [-0.4, -0.2) is 51.2 Å². The number of fused-ring (bicyclic) bond motifs is 1. The number of hydrogen-bond acceptors (Lipinski definition) is 5. The van der Waals surface area contributed by atoms with Gasteiger partial charge in [0.25, 0.3) is 5.91 Å². The first-order chi connectivity index (χ1) is 14.6. The Hall–Kier alpha value is -3.48. The molecule has 1 amide bonds. The molecule has 2 aromatic carbocycles. The number of hydrogen-bond donors (Lipinski definition) is 0. The second-order valence-electron chi connectivity index (χ2n) is 7.77. The Bertz CT molecular complexity index is 1140. The van der Waals surface area contributed by atoms with E-state index in [-0.39, 0.29) is 11.9 Å². The van der Waals surface area contributed by atoms with Crippen LogP contribution in [0.2, 0.25) is 0 Å². The van der Waals surface area contributed by atoms with Gasteiger partial charge in [0.1, 0.15) is 5.75 Å². The molecule has 3 heterocycles. The highest BCUT2D eigenvalue weighted by molar-refractivity contribution is 6.04. The summed E-state index contributed by atoms with van der Waals surface area (Å²) in [7, 11) is 1.67. The molecule has 0 radical (unpaired) electrons. The maximum Gasteiger partial charge on any atom is 0.256 e. The van der Waals surface area contributed by atoms with E-state index < -0.39 is 0 Å². The molecule has 3 aromatic rings. The summed E-state index contributed by atoms with van der Waals surface area (Å²) in [4.78, 5) is 22.0. The molecule has 0 N–H and O–H groups in total. The van der Waals surface area contributed by atoms with Gasteiger partial charge in [0.15, 0.2) is 0 Å². The van der Waals surface area contributed by atoms with Crippen molar-refractivity contribution < 1.29 is 9.53 Å². The Morgan fingerprint density at radius 3 is 2.77 bits per heavy atom. The number of rotatable bonds is 4. The predicted molar refractivity (Wildman–Crippen MR) is 114 cm³/mol. The Kier molecular flexibility index (Phi) is 4.58. The summed E-state index contributed by atoms with van der Waals surface area (Å²) in [6.07, 6.45) is 5.88. The minimum atomic E-state index is 0.00439. The molecule has 0 bridgehead atoms. The van der Waals surface area contributed by atoms with Gasteiger partial charge >= 0.3 is 0 Å². The van der Waals surface area contributed by atoms with Crippen LogP contribution >= 0.6 is 0 Å². The van der Waals surface area contributed by atoms with Crippen molar-refractivity contribution in [2.24, 2.45) is 4.99 Å². The van der Waals surface area contributed by atoms with Crippen molar-refractivity contribution in [1.82, 2.24) is 19.9 Å². The van der Waals surface area contributed by atoms with E-state index >= 15 is 0 Å². The predicted octanol–water partition coefficient (Wildman–Crippen LogP) is 3.52. The summed E-state index contributed by atoms with van der Waals surface area (Å²) in [5, 5.41) is 8.45. The Labute approximate surface area is 175 Å². The SMILES string of the molecule is COc1ccc2c(c1)CC([C@@H]1CCCN1C(=O)c1cc(C)ccc1-n1nccn1)=N2. The van der Waals surface area contributed by atoms with Crippen molar-refractivity contribution in [3.8, 4) is 11.4 Å². The molecule has 30 heavy (non-hydrogen) atoms. The summed E-state index contributed by atoms with van der Waals surface area (Å²) in [6, 6.07) is 11.8. The number of benzene rings is 2. The molecule has 7 heteroatoms. The number of carbonyl (C=O) groups is 1. The number of aryl methyl sites for hydroxylation is 1. The summed E-state index contributed by atoms with van der Waals surface area (Å²) >= 11 is 0. The lowest BCUT2D eigenvalue weighted by atomic mass is 10.0. The molecular formula is C23H23N5O2. The second-order valence-corrected chi connectivity index (χ2v) is 7.77. The van der Waals surface area contributed by atoms with E-state index in [1.807, 2.05) is 48.2 Å².